The van der Waals surface area contributed by atoms with Crippen LogP contribution in [0.25, 0.3) is 0 Å². The van der Waals surface area contributed by atoms with Crippen molar-refractivity contribution in [3.63, 3.8) is 0 Å². The van der Waals surface area contributed by atoms with Crippen molar-refractivity contribution >= 4 is 12.0 Å². The van der Waals surface area contributed by atoms with Crippen LogP contribution in [-0.2, 0) is 4.79 Å². The summed E-state index contributed by atoms with van der Waals surface area (Å²) < 4.78 is 0. The van der Waals surface area contributed by atoms with E-state index in [-0.39, 0.29) is 12.5 Å². The lowest BCUT2D eigenvalue weighted by atomic mass is 10.1. The predicted octanol–water partition coefficient (Wildman–Crippen LogP) is 2.00. The second-order valence-electron chi connectivity index (χ2n) is 4.70. The average molecular weight is 289 g/mol. The number of urea groups is 1. The van der Waals surface area contributed by atoms with E-state index in [2.05, 4.69) is 11.4 Å². The molecule has 6 nitrogen and oxygen atoms in total. The van der Waals surface area contributed by atoms with Gasteiger partial charge in [-0.2, -0.15) is 5.26 Å². The molecule has 0 aromatic heterocycles. The molecule has 0 saturated heterocycles. The summed E-state index contributed by atoms with van der Waals surface area (Å²) in [4.78, 5) is 24.9. The maximum Gasteiger partial charge on any atom is 0.330 e. The lowest BCUT2D eigenvalue weighted by Gasteiger charge is -2.24. The van der Waals surface area contributed by atoms with Gasteiger partial charge >= 0.3 is 12.0 Å². The first-order valence-electron chi connectivity index (χ1n) is 6.72. The molecule has 0 fully saturated rings. The molecule has 0 bridgehead atoms. The van der Waals surface area contributed by atoms with Crippen LogP contribution in [0, 0.1) is 17.2 Å². The van der Waals surface area contributed by atoms with E-state index in [0.29, 0.717) is 12.1 Å². The maximum atomic E-state index is 12.2. The number of carboxylic acid groups (broad SMARTS) is 1. The smallest absolute Gasteiger partial charge is 0.330 e. The number of nitriles is 1. The highest BCUT2D eigenvalue weighted by molar-refractivity contribution is 5.83. The molecule has 0 aliphatic carbocycles. The number of hydrogen-bond acceptors (Lipinski definition) is 3. The normalized spacial score (nSPS) is 12.8. The minimum atomic E-state index is -1.13. The maximum absolute atomic E-state index is 12.2. The average Bonchev–Trinajstić information content (AvgIpc) is 2.50. The number of carboxylic acids is 1. The Morgan fingerprint density at radius 3 is 2.48 bits per heavy atom. The number of rotatable bonds is 6. The van der Waals surface area contributed by atoms with Gasteiger partial charge in [0, 0.05) is 13.1 Å². The number of carbonyl (C=O) groups excluding carboxylic acids is 1. The second kappa shape index (κ2) is 7.90. The van der Waals surface area contributed by atoms with Gasteiger partial charge in [-0.3, -0.25) is 0 Å². The molecule has 6 heteroatoms. The second-order valence-corrected chi connectivity index (χ2v) is 4.70. The van der Waals surface area contributed by atoms with E-state index >= 15 is 0 Å². The van der Waals surface area contributed by atoms with E-state index in [9.17, 15) is 14.7 Å². The van der Waals surface area contributed by atoms with E-state index in [1.807, 2.05) is 0 Å². The fourth-order valence-corrected chi connectivity index (χ4v) is 1.87. The van der Waals surface area contributed by atoms with E-state index in [1.54, 1.807) is 44.2 Å². The summed E-state index contributed by atoms with van der Waals surface area (Å²) in [5, 5.41) is 20.6. The fourth-order valence-electron chi connectivity index (χ4n) is 1.87. The molecule has 112 valence electrons. The van der Waals surface area contributed by atoms with Crippen molar-refractivity contribution in [3.05, 3.63) is 35.9 Å². The van der Waals surface area contributed by atoms with Gasteiger partial charge in [-0.15, -0.1) is 0 Å². The predicted molar refractivity (Wildman–Crippen MR) is 77.4 cm³/mol. The molecule has 1 aromatic carbocycles. The highest BCUT2D eigenvalue weighted by Crippen LogP contribution is 2.13. The van der Waals surface area contributed by atoms with Crippen LogP contribution in [0.2, 0.25) is 0 Å². The van der Waals surface area contributed by atoms with Crippen LogP contribution in [-0.4, -0.2) is 35.1 Å². The summed E-state index contributed by atoms with van der Waals surface area (Å²) in [5.74, 6) is -1.44. The minimum Gasteiger partial charge on any atom is -0.479 e. The topological polar surface area (TPSA) is 93.4 Å². The summed E-state index contributed by atoms with van der Waals surface area (Å²) in [5.41, 5.74) is 0.503. The molecule has 0 spiro atoms. The molecule has 2 N–H and O–H groups in total. The summed E-state index contributed by atoms with van der Waals surface area (Å²) in [7, 11) is 0. The van der Waals surface area contributed by atoms with Crippen molar-refractivity contribution in [2.45, 2.75) is 19.9 Å². The van der Waals surface area contributed by atoms with Gasteiger partial charge in [-0.25, -0.2) is 9.59 Å². The van der Waals surface area contributed by atoms with Gasteiger partial charge < -0.3 is 15.3 Å². The first kappa shape index (κ1) is 16.5. The van der Waals surface area contributed by atoms with E-state index in [1.165, 1.54) is 4.90 Å². The quantitative estimate of drug-likeness (QED) is 0.837. The van der Waals surface area contributed by atoms with Gasteiger partial charge in [0.25, 0.3) is 0 Å². The first-order valence-corrected chi connectivity index (χ1v) is 6.72. The van der Waals surface area contributed by atoms with Gasteiger partial charge in [-0.05, 0) is 19.4 Å². The first-order chi connectivity index (χ1) is 9.99. The monoisotopic (exact) mass is 289 g/mol. The Balaban J connectivity index is 2.82. The number of carbonyl (C=O) groups is 2. The van der Waals surface area contributed by atoms with Crippen molar-refractivity contribution < 1.29 is 14.7 Å². The van der Waals surface area contributed by atoms with Gasteiger partial charge in [-0.1, -0.05) is 30.3 Å². The molecule has 1 rings (SSSR count). The largest absolute Gasteiger partial charge is 0.479 e. The number of hydrogen-bond donors (Lipinski definition) is 2. The third-order valence-electron chi connectivity index (χ3n) is 3.03. The van der Waals surface area contributed by atoms with Crippen LogP contribution in [0.5, 0.6) is 0 Å². The van der Waals surface area contributed by atoms with Crippen LogP contribution >= 0.6 is 0 Å². The van der Waals surface area contributed by atoms with Crippen LogP contribution in [0.4, 0.5) is 4.79 Å². The third kappa shape index (κ3) is 4.80. The Kier molecular flexibility index (Phi) is 6.21. The third-order valence-corrected chi connectivity index (χ3v) is 3.03. The lowest BCUT2D eigenvalue weighted by Crippen LogP contribution is -2.45. The molecular formula is C15H19N3O3. The molecule has 0 aliphatic heterocycles. The van der Waals surface area contributed by atoms with Crippen LogP contribution in [0.1, 0.15) is 25.5 Å². The number of benzene rings is 1. The summed E-state index contributed by atoms with van der Waals surface area (Å²) in [6.45, 7) is 4.16. The number of nitrogens with zero attached hydrogens (tertiary/aromatic N) is 2. The number of amides is 2. The van der Waals surface area contributed by atoms with Crippen molar-refractivity contribution in [1.29, 1.82) is 5.26 Å². The molecule has 0 aliphatic rings. The van der Waals surface area contributed by atoms with Gasteiger partial charge in [0.1, 0.15) is 0 Å². The Morgan fingerprint density at radius 1 is 1.38 bits per heavy atom. The van der Waals surface area contributed by atoms with Crippen LogP contribution in [0.15, 0.2) is 30.3 Å². The molecule has 1 aromatic rings. The Morgan fingerprint density at radius 2 is 2.00 bits per heavy atom. The SMILES string of the molecule is CCN(CC(C)C#N)C(=O)NC(C(=O)O)c1ccccc1. The van der Waals surface area contributed by atoms with Crippen molar-refractivity contribution in [1.82, 2.24) is 10.2 Å². The highest BCUT2D eigenvalue weighted by Gasteiger charge is 2.24. The zero-order valence-electron chi connectivity index (χ0n) is 12.1. The van der Waals surface area contributed by atoms with Crippen molar-refractivity contribution in [2.75, 3.05) is 13.1 Å². The molecule has 0 heterocycles. The van der Waals surface area contributed by atoms with Crippen molar-refractivity contribution in [3.8, 4) is 6.07 Å². The molecular weight excluding hydrogens is 270 g/mol. The van der Waals surface area contributed by atoms with E-state index < -0.39 is 18.0 Å². The summed E-state index contributed by atoms with van der Waals surface area (Å²) in [6.07, 6.45) is 0. The molecule has 2 amide bonds. The summed E-state index contributed by atoms with van der Waals surface area (Å²) in [6, 6.07) is 8.96. The molecule has 21 heavy (non-hydrogen) atoms. The van der Waals surface area contributed by atoms with Gasteiger partial charge in [0.05, 0.1) is 12.0 Å². The van der Waals surface area contributed by atoms with Crippen molar-refractivity contribution in [2.24, 2.45) is 5.92 Å². The van der Waals surface area contributed by atoms with Crippen LogP contribution < -0.4 is 5.32 Å². The van der Waals surface area contributed by atoms with Gasteiger partial charge in [0.2, 0.25) is 0 Å². The highest BCUT2D eigenvalue weighted by atomic mass is 16.4. The lowest BCUT2D eigenvalue weighted by molar-refractivity contribution is -0.139. The number of nitrogens with one attached hydrogen (secondary N) is 1. The van der Waals surface area contributed by atoms with E-state index in [4.69, 9.17) is 5.26 Å². The standard InChI is InChI=1S/C15H19N3O3/c1-3-18(10-11(2)9-16)15(21)17-13(14(19)20)12-7-5-4-6-8-12/h4-8,11,13H,3,10H2,1-2H3,(H,17,21)(H,19,20). The molecule has 2 atom stereocenters. The summed E-state index contributed by atoms with van der Waals surface area (Å²) >= 11 is 0. The minimum absolute atomic E-state index is 0.264. The zero-order chi connectivity index (χ0) is 15.8. The van der Waals surface area contributed by atoms with Crippen LogP contribution in [0.3, 0.4) is 0 Å². The molecule has 0 saturated carbocycles. The molecule has 2 unspecified atom stereocenters. The fraction of sp³-hybridized carbons (Fsp3) is 0.400. The Labute approximate surface area is 124 Å². The van der Waals surface area contributed by atoms with E-state index in [0.717, 1.165) is 0 Å². The Bertz CT molecular complexity index is 525. The number of aliphatic carboxylic acids is 1. The zero-order valence-corrected chi connectivity index (χ0v) is 12.1. The van der Waals surface area contributed by atoms with Gasteiger partial charge in [0.15, 0.2) is 6.04 Å². The Hall–Kier alpha value is -2.55. The molecule has 0 radical (unpaired) electrons.